The maximum Gasteiger partial charge on any atom is 0.123 e. The molecule has 114 valence electrons. The largest absolute Gasteiger partial charge is 0.364 e. The van der Waals surface area contributed by atoms with Crippen LogP contribution in [0.3, 0.4) is 0 Å². The summed E-state index contributed by atoms with van der Waals surface area (Å²) in [5.41, 5.74) is 4.39. The van der Waals surface area contributed by atoms with E-state index in [0.717, 1.165) is 29.6 Å². The first-order chi connectivity index (χ1) is 10.8. The third-order valence-corrected chi connectivity index (χ3v) is 3.86. The maximum atomic E-state index is 4.37. The Kier molecular flexibility index (Phi) is 4.37. The molecule has 1 atom stereocenters. The average Bonchev–Trinajstić information content (AvgIpc) is 2.95. The molecule has 1 N–H and O–H groups in total. The summed E-state index contributed by atoms with van der Waals surface area (Å²) in [4.78, 5) is 0. The number of rotatable bonds is 6. The van der Waals surface area contributed by atoms with Crippen LogP contribution in [-0.4, -0.2) is 15.0 Å². The van der Waals surface area contributed by atoms with Crippen molar-refractivity contribution >= 4 is 16.7 Å². The number of hydrogen-bond acceptors (Lipinski definition) is 3. The Morgan fingerprint density at radius 1 is 1.14 bits per heavy atom. The first kappa shape index (κ1) is 14.6. The van der Waals surface area contributed by atoms with E-state index in [2.05, 4.69) is 59.8 Å². The quantitative estimate of drug-likeness (QED) is 0.725. The van der Waals surface area contributed by atoms with Crippen molar-refractivity contribution in [2.45, 2.75) is 39.3 Å². The molecule has 0 radical (unpaired) electrons. The molecular formula is C18H22N4. The van der Waals surface area contributed by atoms with Gasteiger partial charge in [0.1, 0.15) is 11.7 Å². The number of fused-ring (bicyclic) bond motifs is 1. The molecule has 1 heterocycles. The van der Waals surface area contributed by atoms with Crippen molar-refractivity contribution in [3.05, 3.63) is 54.1 Å². The molecule has 3 rings (SSSR count). The highest BCUT2D eigenvalue weighted by molar-refractivity contribution is 5.74. The fourth-order valence-electron chi connectivity index (χ4n) is 2.70. The number of unbranched alkanes of at least 4 members (excludes halogenated alkanes) is 1. The van der Waals surface area contributed by atoms with Crippen LogP contribution in [0.5, 0.6) is 0 Å². The Morgan fingerprint density at radius 3 is 2.82 bits per heavy atom. The molecule has 0 spiro atoms. The number of benzene rings is 2. The molecule has 1 unspecified atom stereocenters. The van der Waals surface area contributed by atoms with E-state index in [4.69, 9.17) is 0 Å². The Bertz CT molecular complexity index is 747. The third-order valence-electron chi connectivity index (χ3n) is 3.86. The lowest BCUT2D eigenvalue weighted by molar-refractivity contribution is 0.456. The molecule has 0 amide bonds. The second kappa shape index (κ2) is 6.60. The number of nitrogens with one attached hydrogen (secondary N) is 1. The van der Waals surface area contributed by atoms with Gasteiger partial charge in [-0.2, -0.15) is 0 Å². The molecule has 0 aliphatic carbocycles. The van der Waals surface area contributed by atoms with Crippen LogP contribution in [0.4, 0.5) is 5.69 Å². The van der Waals surface area contributed by atoms with E-state index in [1.807, 2.05) is 22.9 Å². The minimum atomic E-state index is 0.120. The summed E-state index contributed by atoms with van der Waals surface area (Å²) in [6.07, 6.45) is 3.46. The van der Waals surface area contributed by atoms with E-state index in [1.54, 1.807) is 0 Å². The van der Waals surface area contributed by atoms with Crippen molar-refractivity contribution in [2.75, 3.05) is 5.32 Å². The van der Waals surface area contributed by atoms with Gasteiger partial charge in [-0.3, -0.25) is 0 Å². The molecule has 0 bridgehead atoms. The van der Waals surface area contributed by atoms with Gasteiger partial charge in [0.25, 0.3) is 0 Å². The highest BCUT2D eigenvalue weighted by Gasteiger charge is 2.15. The van der Waals surface area contributed by atoms with Crippen molar-refractivity contribution < 1.29 is 0 Å². The summed E-state index contributed by atoms with van der Waals surface area (Å²) in [7, 11) is 0. The predicted octanol–water partition coefficient (Wildman–Crippen LogP) is 4.54. The summed E-state index contributed by atoms with van der Waals surface area (Å²) in [5, 5.41) is 12.3. The van der Waals surface area contributed by atoms with Gasteiger partial charge in [-0.15, -0.1) is 5.10 Å². The van der Waals surface area contributed by atoms with Gasteiger partial charge >= 0.3 is 0 Å². The average molecular weight is 294 g/mol. The summed E-state index contributed by atoms with van der Waals surface area (Å²) in [6.45, 7) is 4.32. The van der Waals surface area contributed by atoms with E-state index >= 15 is 0 Å². The van der Waals surface area contributed by atoms with Crippen molar-refractivity contribution in [2.24, 2.45) is 0 Å². The number of aryl methyl sites for hydroxylation is 1. The van der Waals surface area contributed by atoms with Crippen LogP contribution < -0.4 is 5.32 Å². The van der Waals surface area contributed by atoms with Crippen LogP contribution in [0.25, 0.3) is 11.0 Å². The molecule has 0 saturated carbocycles. The fourth-order valence-corrected chi connectivity index (χ4v) is 2.70. The van der Waals surface area contributed by atoms with E-state index in [-0.39, 0.29) is 6.17 Å². The zero-order chi connectivity index (χ0) is 15.4. The number of anilines is 1. The monoisotopic (exact) mass is 294 g/mol. The Labute approximate surface area is 131 Å². The van der Waals surface area contributed by atoms with Gasteiger partial charge in [0.2, 0.25) is 0 Å². The minimum Gasteiger partial charge on any atom is -0.364 e. The molecular weight excluding hydrogens is 272 g/mol. The molecule has 0 saturated heterocycles. The van der Waals surface area contributed by atoms with Crippen LogP contribution >= 0.6 is 0 Å². The van der Waals surface area contributed by atoms with Crippen LogP contribution in [0.2, 0.25) is 0 Å². The SMILES string of the molecule is CCCCC(Nc1cccc(C)c1)n1nnc2ccccc21. The lowest BCUT2D eigenvalue weighted by Gasteiger charge is -2.20. The summed E-state index contributed by atoms with van der Waals surface area (Å²) >= 11 is 0. The Balaban J connectivity index is 1.92. The van der Waals surface area contributed by atoms with Gasteiger partial charge in [0.15, 0.2) is 0 Å². The predicted molar refractivity (Wildman–Crippen MR) is 90.9 cm³/mol. The van der Waals surface area contributed by atoms with Gasteiger partial charge in [-0.05, 0) is 49.6 Å². The number of para-hydroxylation sites is 1. The summed E-state index contributed by atoms with van der Waals surface area (Å²) < 4.78 is 2.01. The normalized spacial score (nSPS) is 12.5. The van der Waals surface area contributed by atoms with E-state index in [0.29, 0.717) is 0 Å². The Morgan fingerprint density at radius 2 is 2.00 bits per heavy atom. The Hall–Kier alpha value is -2.36. The first-order valence-corrected chi connectivity index (χ1v) is 7.91. The summed E-state index contributed by atoms with van der Waals surface area (Å²) in [6, 6.07) is 16.6. The molecule has 1 aromatic heterocycles. The smallest absolute Gasteiger partial charge is 0.123 e. The van der Waals surface area contributed by atoms with Crippen LogP contribution in [-0.2, 0) is 0 Å². The lowest BCUT2D eigenvalue weighted by atomic mass is 10.2. The van der Waals surface area contributed by atoms with Crippen LogP contribution in [0.15, 0.2) is 48.5 Å². The van der Waals surface area contributed by atoms with Crippen molar-refractivity contribution in [1.29, 1.82) is 0 Å². The molecule has 0 aliphatic heterocycles. The standard InChI is InChI=1S/C18H22N4/c1-3-4-12-18(19-15-9-7-8-14(2)13-15)22-17-11-6-5-10-16(17)20-21-22/h5-11,13,18-19H,3-4,12H2,1-2H3. The highest BCUT2D eigenvalue weighted by Crippen LogP contribution is 2.23. The number of aromatic nitrogens is 3. The molecule has 4 heteroatoms. The van der Waals surface area contributed by atoms with Crippen molar-refractivity contribution in [3.8, 4) is 0 Å². The van der Waals surface area contributed by atoms with Crippen molar-refractivity contribution in [1.82, 2.24) is 15.0 Å². The highest BCUT2D eigenvalue weighted by atomic mass is 15.5. The van der Waals surface area contributed by atoms with Gasteiger partial charge < -0.3 is 5.32 Å². The lowest BCUT2D eigenvalue weighted by Crippen LogP contribution is -2.19. The first-order valence-electron chi connectivity index (χ1n) is 7.91. The molecule has 2 aromatic carbocycles. The van der Waals surface area contributed by atoms with Gasteiger partial charge in [0, 0.05) is 5.69 Å². The van der Waals surface area contributed by atoms with Gasteiger partial charge in [-0.25, -0.2) is 4.68 Å². The van der Waals surface area contributed by atoms with Crippen molar-refractivity contribution in [3.63, 3.8) is 0 Å². The number of hydrogen-bond donors (Lipinski definition) is 1. The molecule has 0 aliphatic rings. The second-order valence-corrected chi connectivity index (χ2v) is 5.69. The maximum absolute atomic E-state index is 4.37. The van der Waals surface area contributed by atoms with E-state index in [1.165, 1.54) is 12.0 Å². The zero-order valence-electron chi connectivity index (χ0n) is 13.2. The second-order valence-electron chi connectivity index (χ2n) is 5.69. The van der Waals surface area contributed by atoms with Gasteiger partial charge in [0.05, 0.1) is 5.52 Å². The number of nitrogens with zero attached hydrogens (tertiary/aromatic N) is 3. The molecule has 22 heavy (non-hydrogen) atoms. The van der Waals surface area contributed by atoms with Crippen LogP contribution in [0, 0.1) is 6.92 Å². The van der Waals surface area contributed by atoms with E-state index in [9.17, 15) is 0 Å². The summed E-state index contributed by atoms with van der Waals surface area (Å²) in [5.74, 6) is 0. The zero-order valence-corrected chi connectivity index (χ0v) is 13.2. The minimum absolute atomic E-state index is 0.120. The molecule has 0 fully saturated rings. The van der Waals surface area contributed by atoms with E-state index < -0.39 is 0 Å². The van der Waals surface area contributed by atoms with Crippen LogP contribution in [0.1, 0.15) is 37.9 Å². The van der Waals surface area contributed by atoms with Gasteiger partial charge in [-0.1, -0.05) is 42.8 Å². The molecule has 3 aromatic rings. The molecule has 4 nitrogen and oxygen atoms in total. The third kappa shape index (κ3) is 3.11. The fraction of sp³-hybridized carbons (Fsp3) is 0.333. The topological polar surface area (TPSA) is 42.7 Å².